The van der Waals surface area contributed by atoms with Crippen LogP contribution in [0.2, 0.25) is 0 Å². The Balaban J connectivity index is 2.06. The molecule has 0 radical (unpaired) electrons. The van der Waals surface area contributed by atoms with Gasteiger partial charge in [0.1, 0.15) is 10.0 Å². The van der Waals surface area contributed by atoms with Crippen molar-refractivity contribution < 1.29 is 26.0 Å². The first-order valence-corrected chi connectivity index (χ1v) is 11.3. The molecule has 1 amide bonds. The highest BCUT2D eigenvalue weighted by molar-refractivity contribution is 7.91. The van der Waals surface area contributed by atoms with Crippen molar-refractivity contribution in [2.75, 3.05) is 26.0 Å². The number of rotatable bonds is 7. The molecule has 0 fully saturated rings. The predicted molar refractivity (Wildman–Crippen MR) is 100 cm³/mol. The van der Waals surface area contributed by atoms with Crippen molar-refractivity contribution in [2.45, 2.75) is 16.0 Å². The highest BCUT2D eigenvalue weighted by Crippen LogP contribution is 2.31. The summed E-state index contributed by atoms with van der Waals surface area (Å²) in [5, 5.41) is 2.48. The summed E-state index contributed by atoms with van der Waals surface area (Å²) in [4.78, 5) is 12.4. The number of nitrogens with zero attached hydrogens (tertiary/aromatic N) is 1. The van der Waals surface area contributed by atoms with Crippen molar-refractivity contribution in [1.82, 2.24) is 9.03 Å². The number of anilines is 1. The van der Waals surface area contributed by atoms with Gasteiger partial charge < -0.3 is 5.32 Å². The molecule has 8 nitrogen and oxygen atoms in total. The van der Waals surface area contributed by atoms with E-state index in [-0.39, 0.29) is 14.8 Å². The summed E-state index contributed by atoms with van der Waals surface area (Å²) in [7, 11) is -4.82. The fraction of sp³-hybridized carbons (Fsp3) is 0.267. The van der Waals surface area contributed by atoms with Crippen LogP contribution in [0.25, 0.3) is 0 Å². The highest BCUT2D eigenvalue weighted by atomic mass is 32.2. The smallest absolute Gasteiger partial charge is 0.252 e. The fourth-order valence-corrected chi connectivity index (χ4v) is 5.49. The first kappa shape index (κ1) is 21.4. The van der Waals surface area contributed by atoms with Crippen molar-refractivity contribution in [3.8, 4) is 0 Å². The molecule has 0 spiro atoms. The van der Waals surface area contributed by atoms with Crippen LogP contribution < -0.4 is 10.0 Å². The number of halogens is 1. The van der Waals surface area contributed by atoms with Gasteiger partial charge in [-0.05, 0) is 37.3 Å². The number of nitrogens with one attached hydrogen (secondary N) is 2. The van der Waals surface area contributed by atoms with E-state index in [1.807, 2.05) is 0 Å². The van der Waals surface area contributed by atoms with Crippen LogP contribution in [0.3, 0.4) is 0 Å². The van der Waals surface area contributed by atoms with Crippen molar-refractivity contribution in [1.29, 1.82) is 0 Å². The maximum absolute atomic E-state index is 12.9. The van der Waals surface area contributed by atoms with Crippen LogP contribution in [0.4, 0.5) is 10.1 Å². The molecule has 148 valence electrons. The van der Waals surface area contributed by atoms with E-state index in [1.165, 1.54) is 20.2 Å². The Hall–Kier alpha value is -1.86. The first-order chi connectivity index (χ1) is 12.4. The van der Waals surface area contributed by atoms with E-state index in [0.717, 1.165) is 39.9 Å². The predicted octanol–water partition coefficient (Wildman–Crippen LogP) is 1.36. The monoisotopic (exact) mass is 435 g/mol. The molecule has 0 atom stereocenters. The van der Waals surface area contributed by atoms with Gasteiger partial charge in [0.15, 0.2) is 0 Å². The third-order valence-electron chi connectivity index (χ3n) is 3.45. The molecule has 0 saturated carbocycles. The highest BCUT2D eigenvalue weighted by Gasteiger charge is 2.22. The van der Waals surface area contributed by atoms with Gasteiger partial charge in [-0.15, -0.1) is 11.3 Å². The van der Waals surface area contributed by atoms with E-state index in [1.54, 1.807) is 6.92 Å². The van der Waals surface area contributed by atoms with Crippen molar-refractivity contribution in [3.05, 3.63) is 41.0 Å². The zero-order chi connectivity index (χ0) is 20.4. The lowest BCUT2D eigenvalue weighted by Crippen LogP contribution is -2.33. The van der Waals surface area contributed by atoms with Crippen LogP contribution in [0.15, 0.2) is 39.4 Å². The van der Waals surface area contributed by atoms with Crippen LogP contribution in [0, 0.1) is 12.7 Å². The molecular formula is C15H18FN3O5S3. The van der Waals surface area contributed by atoms with E-state index in [4.69, 9.17) is 0 Å². The minimum absolute atomic E-state index is 0.0622. The zero-order valence-electron chi connectivity index (χ0n) is 14.7. The zero-order valence-corrected chi connectivity index (χ0v) is 17.1. The minimum atomic E-state index is -3.98. The summed E-state index contributed by atoms with van der Waals surface area (Å²) in [6, 6.07) is 5.47. The van der Waals surface area contributed by atoms with Gasteiger partial charge in [0.25, 0.3) is 10.0 Å². The molecule has 27 heavy (non-hydrogen) atoms. The lowest BCUT2D eigenvalue weighted by Gasteiger charge is -2.08. The molecule has 1 heterocycles. The molecule has 0 aliphatic heterocycles. The number of carbonyl (C=O) groups excluding carboxylic acids is 1. The Bertz CT molecular complexity index is 1040. The van der Waals surface area contributed by atoms with E-state index in [0.29, 0.717) is 4.88 Å². The van der Waals surface area contributed by atoms with Gasteiger partial charge in [-0.2, -0.15) is 0 Å². The quantitative estimate of drug-likeness (QED) is 0.682. The maximum atomic E-state index is 12.9. The standard InChI is InChI=1S/C15H18FN3O5S3/c1-10-13(8-15(25-10)27(23,24)19(2)3)18-14(20)9-17-26(21,22)12-6-4-11(16)5-7-12/h4-8,17H,9H2,1-3H3,(H,18,20). The summed E-state index contributed by atoms with van der Waals surface area (Å²) < 4.78 is 64.5. The molecule has 0 aliphatic rings. The van der Waals surface area contributed by atoms with Crippen LogP contribution >= 0.6 is 11.3 Å². The number of hydrogen-bond acceptors (Lipinski definition) is 6. The van der Waals surface area contributed by atoms with Crippen LogP contribution in [-0.2, 0) is 24.8 Å². The number of sulfonamides is 2. The van der Waals surface area contributed by atoms with E-state index < -0.39 is 38.3 Å². The van der Waals surface area contributed by atoms with Gasteiger partial charge >= 0.3 is 0 Å². The molecule has 1 aromatic heterocycles. The van der Waals surface area contributed by atoms with Gasteiger partial charge in [-0.1, -0.05) is 0 Å². The van der Waals surface area contributed by atoms with E-state index in [9.17, 15) is 26.0 Å². The minimum Gasteiger partial charge on any atom is -0.324 e. The Labute approximate surface area is 161 Å². The number of carbonyl (C=O) groups is 1. The Morgan fingerprint density at radius 3 is 2.30 bits per heavy atom. The summed E-state index contributed by atoms with van der Waals surface area (Å²) in [6.45, 7) is 1.07. The molecule has 0 unspecified atom stereocenters. The third-order valence-corrected chi connectivity index (χ3v) is 8.18. The Morgan fingerprint density at radius 1 is 1.15 bits per heavy atom. The number of thiophene rings is 1. The SMILES string of the molecule is Cc1sc(S(=O)(=O)N(C)C)cc1NC(=O)CNS(=O)(=O)c1ccc(F)cc1. The number of benzene rings is 1. The molecular weight excluding hydrogens is 417 g/mol. The van der Waals surface area contributed by atoms with E-state index in [2.05, 4.69) is 10.0 Å². The second-order valence-electron chi connectivity index (χ2n) is 5.65. The second-order valence-corrected chi connectivity index (χ2v) is 11.1. The topological polar surface area (TPSA) is 113 Å². The number of aryl methyl sites for hydroxylation is 1. The molecule has 12 heteroatoms. The van der Waals surface area contributed by atoms with Crippen molar-refractivity contribution >= 4 is 43.0 Å². The maximum Gasteiger partial charge on any atom is 0.252 e. The molecule has 0 bridgehead atoms. The van der Waals surface area contributed by atoms with Gasteiger partial charge in [0.2, 0.25) is 15.9 Å². The lowest BCUT2D eigenvalue weighted by atomic mass is 10.4. The Kier molecular flexibility index (Phi) is 6.37. The lowest BCUT2D eigenvalue weighted by molar-refractivity contribution is -0.115. The van der Waals surface area contributed by atoms with Crippen molar-refractivity contribution in [3.63, 3.8) is 0 Å². The largest absolute Gasteiger partial charge is 0.324 e. The third kappa shape index (κ3) is 5.11. The van der Waals surface area contributed by atoms with Crippen LogP contribution in [0.5, 0.6) is 0 Å². The molecule has 1 aromatic carbocycles. The summed E-state index contributed by atoms with van der Waals surface area (Å²) in [5.74, 6) is -1.25. The summed E-state index contributed by atoms with van der Waals surface area (Å²) in [5.41, 5.74) is 0.284. The molecule has 0 saturated heterocycles. The Morgan fingerprint density at radius 2 is 1.74 bits per heavy atom. The van der Waals surface area contributed by atoms with Crippen LogP contribution in [0.1, 0.15) is 4.88 Å². The van der Waals surface area contributed by atoms with E-state index >= 15 is 0 Å². The normalized spacial score (nSPS) is 12.3. The molecule has 2 aromatic rings. The number of hydrogen-bond donors (Lipinski definition) is 2. The first-order valence-electron chi connectivity index (χ1n) is 7.51. The molecule has 2 N–H and O–H groups in total. The van der Waals surface area contributed by atoms with Crippen molar-refractivity contribution in [2.24, 2.45) is 0 Å². The van der Waals surface area contributed by atoms with Gasteiger partial charge in [0.05, 0.1) is 17.1 Å². The number of amides is 1. The van der Waals surface area contributed by atoms with Gasteiger partial charge in [-0.25, -0.2) is 30.3 Å². The summed E-state index contributed by atoms with van der Waals surface area (Å²) in [6.07, 6.45) is 0. The van der Waals surface area contributed by atoms with Gasteiger partial charge in [0, 0.05) is 19.0 Å². The fourth-order valence-electron chi connectivity index (χ4n) is 1.94. The average molecular weight is 436 g/mol. The van der Waals surface area contributed by atoms with Gasteiger partial charge in [-0.3, -0.25) is 4.79 Å². The molecule has 0 aliphatic carbocycles. The summed E-state index contributed by atoms with van der Waals surface area (Å²) >= 11 is 0.995. The van der Waals surface area contributed by atoms with Crippen LogP contribution in [-0.4, -0.2) is 47.7 Å². The molecule has 2 rings (SSSR count). The average Bonchev–Trinajstić information content (AvgIpc) is 2.95. The second kappa shape index (κ2) is 8.02.